The third kappa shape index (κ3) is 6.66. The number of benzene rings is 3. The van der Waals surface area contributed by atoms with Crippen LogP contribution in [0.2, 0.25) is 0 Å². The number of methoxy groups -OCH3 is 2. The van der Waals surface area contributed by atoms with E-state index in [2.05, 4.69) is 14.7 Å². The van der Waals surface area contributed by atoms with E-state index in [1.165, 1.54) is 25.1 Å². The molecule has 0 aliphatic rings. The molecule has 16 heteroatoms. The molecule has 5 aromatic rings. The maximum atomic E-state index is 15.8. The number of fused-ring (bicyclic) bond motifs is 1. The van der Waals surface area contributed by atoms with Crippen LogP contribution in [0.15, 0.2) is 81.1 Å². The molecule has 0 bridgehead atoms. The van der Waals surface area contributed by atoms with Crippen molar-refractivity contribution in [3.05, 3.63) is 100 Å². The normalized spacial score (nSPS) is 11.6. The molecule has 0 radical (unpaired) electrons. The van der Waals surface area contributed by atoms with E-state index in [-0.39, 0.29) is 35.9 Å². The second kappa shape index (κ2) is 13.2. The number of nitrogens with one attached hydrogen (secondary N) is 1. The number of aromatic nitrogens is 3. The zero-order chi connectivity index (χ0) is 32.1. The number of hydrogen-bond donors (Lipinski definition) is 2. The third-order valence-electron chi connectivity index (χ3n) is 6.71. The summed E-state index contributed by atoms with van der Waals surface area (Å²) < 4.78 is 65.8. The van der Waals surface area contributed by atoms with Crippen molar-refractivity contribution in [1.29, 1.82) is 0 Å². The minimum absolute atomic E-state index is 0.0189. The van der Waals surface area contributed by atoms with Gasteiger partial charge < -0.3 is 24.3 Å². The van der Waals surface area contributed by atoms with Gasteiger partial charge in [0, 0.05) is 41.8 Å². The Bertz CT molecular complexity index is 2040. The summed E-state index contributed by atoms with van der Waals surface area (Å²) in [5.74, 6) is -1.10. The van der Waals surface area contributed by atoms with Gasteiger partial charge in [0.25, 0.3) is 10.0 Å². The quantitative estimate of drug-likeness (QED) is 0.198. The van der Waals surface area contributed by atoms with Gasteiger partial charge in [-0.1, -0.05) is 36.4 Å². The number of nitrogens with zero attached hydrogens (tertiary/aromatic N) is 4. The summed E-state index contributed by atoms with van der Waals surface area (Å²) in [6, 6.07) is 13.8. The van der Waals surface area contributed by atoms with Gasteiger partial charge in [0.15, 0.2) is 5.58 Å². The molecule has 0 unspecified atom stereocenters. The predicted molar refractivity (Wildman–Crippen MR) is 164 cm³/mol. The Balaban J connectivity index is 1.52. The first-order valence-corrected chi connectivity index (χ1v) is 15.4. The van der Waals surface area contributed by atoms with Crippen molar-refractivity contribution in [2.24, 2.45) is 0 Å². The number of ether oxygens (including phenoxy) is 2. The van der Waals surface area contributed by atoms with Gasteiger partial charge in [-0.3, -0.25) is 4.57 Å². The van der Waals surface area contributed by atoms with Gasteiger partial charge in [0.05, 0.1) is 32.8 Å². The zero-order valence-corrected chi connectivity index (χ0v) is 25.5. The number of hydrogen-bond acceptors (Lipinski definition) is 10. The van der Waals surface area contributed by atoms with E-state index in [0.29, 0.717) is 28.2 Å². The van der Waals surface area contributed by atoms with Crippen molar-refractivity contribution in [2.75, 3.05) is 25.1 Å². The first-order valence-electron chi connectivity index (χ1n) is 13.2. The van der Waals surface area contributed by atoms with Crippen molar-refractivity contribution in [2.45, 2.75) is 18.0 Å². The van der Waals surface area contributed by atoms with E-state index in [9.17, 15) is 18.0 Å². The van der Waals surface area contributed by atoms with E-state index >= 15 is 4.39 Å². The molecule has 45 heavy (non-hydrogen) atoms. The second-order valence-electron chi connectivity index (χ2n) is 9.41. The number of carboxylic acid groups (broad SMARTS) is 1. The van der Waals surface area contributed by atoms with Gasteiger partial charge in [-0.25, -0.2) is 31.7 Å². The molecule has 0 fully saturated rings. The predicted octanol–water partition coefficient (Wildman–Crippen LogP) is 4.33. The maximum absolute atomic E-state index is 15.8. The number of oxazole rings is 1. The molecule has 0 saturated heterocycles. The minimum Gasteiger partial charge on any atom is -0.497 e. The molecule has 5 rings (SSSR count). The lowest BCUT2D eigenvalue weighted by Crippen LogP contribution is -2.31. The van der Waals surface area contributed by atoms with Gasteiger partial charge in [-0.2, -0.15) is 4.37 Å². The Morgan fingerprint density at radius 2 is 1.96 bits per heavy atom. The summed E-state index contributed by atoms with van der Waals surface area (Å²) in [4.78, 5) is 27.0. The van der Waals surface area contributed by atoms with Crippen LogP contribution in [0.4, 0.5) is 14.3 Å². The summed E-state index contributed by atoms with van der Waals surface area (Å²) in [5.41, 5.74) is 1.69. The smallest absolute Gasteiger partial charge is 0.420 e. The SMILES string of the molecule is COc1ccc(CN(c2ncns2)S(=O)(=O)c2cc3oc(=O)n(Cc4ccccc4/C=C/CNC(=O)O)c3cc2F)c(OC)c1. The fourth-order valence-corrected chi connectivity index (χ4v) is 6.74. The fraction of sp³-hybridized carbons (Fsp3) is 0.172. The summed E-state index contributed by atoms with van der Waals surface area (Å²) >= 11 is 0.801. The van der Waals surface area contributed by atoms with Gasteiger partial charge in [0.1, 0.15) is 28.5 Å². The standard InChI is InChI=1S/C29H26FN5O8S2/c1-41-21-10-9-20(24(12-21)42-2)16-35(27-32-17-33-44-27)45(39,40)26-14-25-23(13-22(26)30)34(29(38)43-25)15-19-7-4-3-6-18(19)8-5-11-31-28(36)37/h3-10,12-14,17,31H,11,15-16H2,1-2H3,(H,36,37)/b8-5+. The molecule has 0 spiro atoms. The zero-order valence-electron chi connectivity index (χ0n) is 23.8. The molecule has 2 aromatic heterocycles. The number of carbonyl (C=O) groups is 1. The van der Waals surface area contributed by atoms with E-state index in [4.69, 9.17) is 19.0 Å². The molecule has 3 aromatic carbocycles. The summed E-state index contributed by atoms with van der Waals surface area (Å²) in [7, 11) is -1.72. The maximum Gasteiger partial charge on any atom is 0.420 e. The van der Waals surface area contributed by atoms with Crippen LogP contribution in [0.25, 0.3) is 17.2 Å². The van der Waals surface area contributed by atoms with Crippen LogP contribution < -0.4 is 24.9 Å². The largest absolute Gasteiger partial charge is 0.497 e. The molecule has 2 heterocycles. The van der Waals surface area contributed by atoms with Crippen LogP contribution in [-0.2, 0) is 23.1 Å². The van der Waals surface area contributed by atoms with Crippen LogP contribution in [0, 0.1) is 5.82 Å². The summed E-state index contributed by atoms with van der Waals surface area (Å²) in [6.45, 7) is -0.238. The lowest BCUT2D eigenvalue weighted by atomic mass is 10.1. The Hall–Kier alpha value is -5.22. The minimum atomic E-state index is -4.62. The van der Waals surface area contributed by atoms with Gasteiger partial charge in [-0.15, -0.1) is 0 Å². The van der Waals surface area contributed by atoms with Gasteiger partial charge >= 0.3 is 11.8 Å². The molecule has 0 saturated carbocycles. The van der Waals surface area contributed by atoms with Crippen molar-refractivity contribution >= 4 is 50.0 Å². The van der Waals surface area contributed by atoms with Crippen molar-refractivity contribution in [3.8, 4) is 11.5 Å². The molecule has 0 atom stereocenters. The number of halogens is 1. The van der Waals surface area contributed by atoms with Crippen LogP contribution in [0.5, 0.6) is 11.5 Å². The Labute approximate surface area is 260 Å². The highest BCUT2D eigenvalue weighted by molar-refractivity contribution is 7.93. The summed E-state index contributed by atoms with van der Waals surface area (Å²) in [6.07, 6.45) is 3.30. The molecule has 2 N–H and O–H groups in total. The lowest BCUT2D eigenvalue weighted by molar-refractivity contribution is 0.195. The summed E-state index contributed by atoms with van der Waals surface area (Å²) in [5, 5.41) is 11.0. The number of amides is 1. The molecule has 0 aliphatic heterocycles. The highest BCUT2D eigenvalue weighted by Gasteiger charge is 2.32. The van der Waals surface area contributed by atoms with Crippen molar-refractivity contribution in [3.63, 3.8) is 0 Å². The molecule has 13 nitrogen and oxygen atoms in total. The first kappa shape index (κ1) is 31.2. The van der Waals surface area contributed by atoms with Crippen molar-refractivity contribution in [1.82, 2.24) is 19.2 Å². The monoisotopic (exact) mass is 655 g/mol. The van der Waals surface area contributed by atoms with Crippen LogP contribution in [0.1, 0.15) is 16.7 Å². The average Bonchev–Trinajstić information content (AvgIpc) is 3.66. The Morgan fingerprint density at radius 3 is 2.67 bits per heavy atom. The topological polar surface area (TPSA) is 166 Å². The number of anilines is 1. The first-order chi connectivity index (χ1) is 21.6. The molecule has 234 valence electrons. The fourth-order valence-electron chi connectivity index (χ4n) is 4.54. The highest BCUT2D eigenvalue weighted by atomic mass is 32.2. The molecule has 1 amide bonds. The van der Waals surface area contributed by atoms with Gasteiger partial charge in [-0.05, 0) is 23.3 Å². The van der Waals surface area contributed by atoms with Gasteiger partial charge in [0.2, 0.25) is 5.13 Å². The average molecular weight is 656 g/mol. The Kier molecular flexibility index (Phi) is 9.15. The molecular weight excluding hydrogens is 629 g/mol. The van der Waals surface area contributed by atoms with E-state index in [1.807, 2.05) is 0 Å². The lowest BCUT2D eigenvalue weighted by Gasteiger charge is -2.23. The molecular formula is C29H26FN5O8S2. The van der Waals surface area contributed by atoms with E-state index < -0.39 is 32.6 Å². The number of sulfonamides is 1. The number of rotatable bonds is 12. The Morgan fingerprint density at radius 1 is 1.16 bits per heavy atom. The van der Waals surface area contributed by atoms with Crippen LogP contribution in [0.3, 0.4) is 0 Å². The highest BCUT2D eigenvalue weighted by Crippen LogP contribution is 2.33. The van der Waals surface area contributed by atoms with Crippen LogP contribution in [-0.4, -0.2) is 54.3 Å². The van der Waals surface area contributed by atoms with Crippen molar-refractivity contribution < 1.29 is 36.6 Å². The second-order valence-corrected chi connectivity index (χ2v) is 12.0. The van der Waals surface area contributed by atoms with E-state index in [0.717, 1.165) is 28.0 Å². The van der Waals surface area contributed by atoms with Crippen LogP contribution >= 0.6 is 11.5 Å². The third-order valence-corrected chi connectivity index (χ3v) is 9.27. The molecule has 0 aliphatic carbocycles. The van der Waals surface area contributed by atoms with E-state index in [1.54, 1.807) is 54.6 Å².